The van der Waals surface area contributed by atoms with Gasteiger partial charge in [-0.25, -0.2) is 8.42 Å². The van der Waals surface area contributed by atoms with Crippen LogP contribution in [-0.4, -0.2) is 86.7 Å². The van der Waals surface area contributed by atoms with Crippen LogP contribution in [0.5, 0.6) is 5.75 Å². The van der Waals surface area contributed by atoms with E-state index in [1.807, 2.05) is 32.0 Å². The number of carbonyl (C=O) groups is 2. The zero-order valence-electron chi connectivity index (χ0n) is 27.3. The van der Waals surface area contributed by atoms with Gasteiger partial charge in [0.25, 0.3) is 21.8 Å². The number of hydrogen-bond donors (Lipinski definition) is 2. The highest BCUT2D eigenvalue weighted by atomic mass is 35.5. The number of ether oxygens (including phenoxy) is 2. The molecule has 0 spiro atoms. The van der Waals surface area contributed by atoms with Gasteiger partial charge in [0.1, 0.15) is 5.75 Å². The first-order valence-corrected chi connectivity index (χ1v) is 17.7. The maximum absolute atomic E-state index is 14.3. The molecule has 0 aromatic heterocycles. The number of sulfonamides is 1. The van der Waals surface area contributed by atoms with E-state index in [0.29, 0.717) is 35.9 Å². The molecule has 254 valence electrons. The van der Waals surface area contributed by atoms with E-state index in [4.69, 9.17) is 21.1 Å². The van der Waals surface area contributed by atoms with Crippen molar-refractivity contribution in [2.24, 2.45) is 5.92 Å². The van der Waals surface area contributed by atoms with Crippen molar-refractivity contribution in [3.05, 3.63) is 88.9 Å². The molecule has 4 rings (SSSR count). The predicted octanol–water partition coefficient (Wildman–Crippen LogP) is 5.71. The molecule has 1 aliphatic rings. The summed E-state index contributed by atoms with van der Waals surface area (Å²) in [6, 6.07) is 18.8. The summed E-state index contributed by atoms with van der Waals surface area (Å²) in [5.41, 5.74) is 0.908. The normalized spacial score (nSPS) is 20.3. The van der Waals surface area contributed by atoms with Crippen LogP contribution in [0, 0.1) is 5.92 Å². The van der Waals surface area contributed by atoms with Crippen molar-refractivity contribution in [1.29, 1.82) is 0 Å². The van der Waals surface area contributed by atoms with Crippen LogP contribution in [0.15, 0.2) is 77.7 Å². The minimum absolute atomic E-state index is 0.0179. The number of aliphatic hydroxyl groups is 1. The topological polar surface area (TPSA) is 125 Å². The molecule has 2 N–H and O–H groups in total. The number of rotatable bonds is 8. The van der Waals surface area contributed by atoms with Crippen molar-refractivity contribution < 1.29 is 32.6 Å². The minimum Gasteiger partial charge on any atom is -0.490 e. The second-order valence-electron chi connectivity index (χ2n) is 12.1. The number of amides is 2. The first kappa shape index (κ1) is 36.2. The van der Waals surface area contributed by atoms with Gasteiger partial charge < -0.3 is 24.4 Å². The van der Waals surface area contributed by atoms with E-state index in [9.17, 15) is 23.1 Å². The molecular weight excluding hydrogens is 642 g/mol. The van der Waals surface area contributed by atoms with Crippen LogP contribution in [0.2, 0.25) is 5.02 Å². The van der Waals surface area contributed by atoms with Crippen LogP contribution in [0.25, 0.3) is 0 Å². The number of likely N-dealkylation sites (N-methyl/N-ethyl adjacent to an activating group) is 1. The van der Waals surface area contributed by atoms with Crippen LogP contribution in [0.3, 0.4) is 0 Å². The van der Waals surface area contributed by atoms with Crippen LogP contribution < -0.4 is 9.46 Å². The minimum atomic E-state index is -3.99. The van der Waals surface area contributed by atoms with E-state index < -0.39 is 28.1 Å². The van der Waals surface area contributed by atoms with Gasteiger partial charge in [0.15, 0.2) is 0 Å². The molecule has 1 aliphatic heterocycles. The summed E-state index contributed by atoms with van der Waals surface area (Å²) in [4.78, 5) is 30.7. The molecule has 0 unspecified atom stereocenters. The molecule has 0 bridgehead atoms. The van der Waals surface area contributed by atoms with Gasteiger partial charge in [-0.1, -0.05) is 36.7 Å². The van der Waals surface area contributed by atoms with Crippen LogP contribution >= 0.6 is 11.6 Å². The monoisotopic (exact) mass is 685 g/mol. The van der Waals surface area contributed by atoms with Crippen LogP contribution in [0.1, 0.15) is 60.7 Å². The molecule has 0 saturated carbocycles. The van der Waals surface area contributed by atoms with E-state index in [2.05, 4.69) is 4.72 Å². The van der Waals surface area contributed by atoms with E-state index in [0.717, 1.165) is 12.8 Å². The molecule has 0 fully saturated rings. The Labute approximate surface area is 282 Å². The highest BCUT2D eigenvalue weighted by molar-refractivity contribution is 7.92. The Bertz CT molecular complexity index is 1610. The molecule has 4 atom stereocenters. The number of nitrogens with zero attached hydrogens (tertiary/aromatic N) is 2. The van der Waals surface area contributed by atoms with Gasteiger partial charge in [0.05, 0.1) is 35.3 Å². The van der Waals surface area contributed by atoms with E-state index >= 15 is 0 Å². The largest absolute Gasteiger partial charge is 0.490 e. The summed E-state index contributed by atoms with van der Waals surface area (Å²) in [7, 11) is -2.25. The maximum atomic E-state index is 14.3. The third-order valence-corrected chi connectivity index (χ3v) is 9.90. The van der Waals surface area contributed by atoms with Gasteiger partial charge in [-0.3, -0.25) is 14.3 Å². The summed E-state index contributed by atoms with van der Waals surface area (Å²) in [5.74, 6) is -0.488. The predicted molar refractivity (Wildman–Crippen MR) is 183 cm³/mol. The zero-order chi connectivity index (χ0) is 34.1. The lowest BCUT2D eigenvalue weighted by Gasteiger charge is -2.36. The van der Waals surface area contributed by atoms with Crippen molar-refractivity contribution in [1.82, 2.24) is 9.80 Å². The molecule has 3 aromatic rings. The molecule has 0 saturated heterocycles. The number of fused-ring (bicyclic) bond motifs is 1. The lowest BCUT2D eigenvalue weighted by Crippen LogP contribution is -2.48. The fourth-order valence-electron chi connectivity index (χ4n) is 5.43. The van der Waals surface area contributed by atoms with Gasteiger partial charge in [-0.05, 0) is 87.7 Å². The Morgan fingerprint density at radius 3 is 2.47 bits per heavy atom. The first-order valence-electron chi connectivity index (χ1n) is 15.8. The van der Waals surface area contributed by atoms with E-state index in [-0.39, 0.29) is 47.2 Å². The van der Waals surface area contributed by atoms with E-state index in [1.165, 1.54) is 30.3 Å². The molecule has 3 aromatic carbocycles. The number of aliphatic hydroxyl groups excluding tert-OH is 1. The summed E-state index contributed by atoms with van der Waals surface area (Å²) in [6.45, 7) is 6.30. The van der Waals surface area contributed by atoms with Crippen molar-refractivity contribution in [2.45, 2.75) is 63.2 Å². The lowest BCUT2D eigenvalue weighted by molar-refractivity contribution is -0.0149. The third-order valence-electron chi connectivity index (χ3n) is 8.25. The summed E-state index contributed by atoms with van der Waals surface area (Å²) in [5, 5.41) is 10.6. The molecule has 10 nitrogen and oxygen atoms in total. The molecule has 0 aliphatic carbocycles. The number of anilines is 1. The Hall–Kier alpha value is -3.64. The quantitative estimate of drug-likeness (QED) is 0.311. The molecule has 1 heterocycles. The third kappa shape index (κ3) is 9.70. The van der Waals surface area contributed by atoms with Gasteiger partial charge in [-0.2, -0.15) is 0 Å². The number of carbonyl (C=O) groups excluding carboxylic acids is 2. The standard InChI is InChI=1S/C35H44ClN3O7S/c1-24-21-39(25(2)23-40)35(42)31-20-29(37-47(43,44)30-16-13-28(36)14-17-30)15-18-32(31)46-26(3)10-8-9-19-45-33(24)22-38(4)34(41)27-11-6-5-7-12-27/h5-7,11-18,20,24-26,33,37,40H,8-10,19,21-23H2,1-4H3/t24-,25+,26+,33-/m1/s1. The lowest BCUT2D eigenvalue weighted by atomic mass is 10.0. The molecule has 12 heteroatoms. The first-order chi connectivity index (χ1) is 22.4. The van der Waals surface area contributed by atoms with Crippen molar-refractivity contribution in [2.75, 3.05) is 38.1 Å². The second kappa shape index (κ2) is 16.5. The van der Waals surface area contributed by atoms with Crippen LogP contribution in [-0.2, 0) is 14.8 Å². The van der Waals surface area contributed by atoms with E-state index in [1.54, 1.807) is 48.0 Å². The fraction of sp³-hybridized carbons (Fsp3) is 0.429. The fourth-order valence-corrected chi connectivity index (χ4v) is 6.61. The number of benzene rings is 3. The number of halogens is 1. The zero-order valence-corrected chi connectivity index (χ0v) is 28.8. The van der Waals surface area contributed by atoms with Gasteiger partial charge >= 0.3 is 0 Å². The summed E-state index contributed by atoms with van der Waals surface area (Å²) >= 11 is 5.94. The molecule has 2 amide bonds. The maximum Gasteiger partial charge on any atom is 0.261 e. The average Bonchev–Trinajstić information content (AvgIpc) is 3.06. The van der Waals surface area contributed by atoms with Crippen molar-refractivity contribution in [3.63, 3.8) is 0 Å². The molecular formula is C35H44ClN3O7S. The Morgan fingerprint density at radius 1 is 1.09 bits per heavy atom. The van der Waals surface area contributed by atoms with Gasteiger partial charge in [0.2, 0.25) is 0 Å². The summed E-state index contributed by atoms with van der Waals surface area (Å²) < 4.78 is 41.5. The Kier molecular flexibility index (Phi) is 12.7. The Morgan fingerprint density at radius 2 is 1.79 bits per heavy atom. The average molecular weight is 686 g/mol. The van der Waals surface area contributed by atoms with Crippen LogP contribution in [0.4, 0.5) is 5.69 Å². The highest BCUT2D eigenvalue weighted by Crippen LogP contribution is 2.30. The second-order valence-corrected chi connectivity index (χ2v) is 14.2. The SMILES string of the molecule is C[C@@H]1CN([C@@H](C)CO)C(=O)c2cc(NS(=O)(=O)c3ccc(Cl)cc3)ccc2O[C@@H](C)CCCCO[C@@H]1CN(C)C(=O)c1ccccc1. The summed E-state index contributed by atoms with van der Waals surface area (Å²) in [6.07, 6.45) is 1.65. The van der Waals surface area contributed by atoms with Gasteiger partial charge in [-0.15, -0.1) is 0 Å². The molecule has 0 radical (unpaired) electrons. The number of nitrogens with one attached hydrogen (secondary N) is 1. The number of hydrogen-bond acceptors (Lipinski definition) is 7. The highest BCUT2D eigenvalue weighted by Gasteiger charge is 2.31. The molecule has 47 heavy (non-hydrogen) atoms. The Balaban J connectivity index is 1.66. The van der Waals surface area contributed by atoms with Crippen molar-refractivity contribution >= 4 is 39.1 Å². The van der Waals surface area contributed by atoms with Crippen molar-refractivity contribution in [3.8, 4) is 5.75 Å². The van der Waals surface area contributed by atoms with Gasteiger partial charge in [0, 0.05) is 48.9 Å². The smallest absolute Gasteiger partial charge is 0.261 e.